The first-order valence-electron chi connectivity index (χ1n) is 8.91. The van der Waals surface area contributed by atoms with E-state index >= 15 is 0 Å². The summed E-state index contributed by atoms with van der Waals surface area (Å²) in [6.07, 6.45) is 0. The van der Waals surface area contributed by atoms with Gasteiger partial charge in [0.25, 0.3) is 5.22 Å². The number of ether oxygens (including phenoxy) is 1. The fraction of sp³-hybridized carbons (Fsp3) is 0.263. The topological polar surface area (TPSA) is 85.5 Å². The summed E-state index contributed by atoms with van der Waals surface area (Å²) in [5.74, 6) is 0.504. The monoisotopic (exact) mass is 435 g/mol. The highest BCUT2D eigenvalue weighted by molar-refractivity contribution is 7.98. The first-order valence-corrected chi connectivity index (χ1v) is 11.3. The lowest BCUT2D eigenvalue weighted by molar-refractivity contribution is 0.0730. The summed E-state index contributed by atoms with van der Waals surface area (Å²) in [5.41, 5.74) is 1.45. The van der Waals surface area contributed by atoms with Crippen molar-refractivity contribution in [2.45, 2.75) is 15.9 Å². The Morgan fingerprint density at radius 2 is 1.83 bits per heavy atom. The maximum atomic E-state index is 13.0. The lowest BCUT2D eigenvalue weighted by Crippen LogP contribution is -2.40. The van der Waals surface area contributed by atoms with Crippen LogP contribution >= 0.6 is 11.8 Å². The van der Waals surface area contributed by atoms with Gasteiger partial charge in [0.1, 0.15) is 5.82 Å². The average molecular weight is 436 g/mol. The number of rotatable bonds is 6. The third-order valence-corrected chi connectivity index (χ3v) is 7.16. The van der Waals surface area contributed by atoms with Gasteiger partial charge in [-0.15, -0.1) is 10.2 Å². The van der Waals surface area contributed by atoms with E-state index in [4.69, 9.17) is 9.15 Å². The largest absolute Gasteiger partial charge is 0.411 e. The van der Waals surface area contributed by atoms with Crippen molar-refractivity contribution >= 4 is 21.8 Å². The Morgan fingerprint density at radius 1 is 1.07 bits per heavy atom. The molecule has 0 spiro atoms. The molecule has 1 aliphatic heterocycles. The van der Waals surface area contributed by atoms with Crippen LogP contribution in [-0.2, 0) is 20.5 Å². The Kier molecular flexibility index (Phi) is 5.95. The van der Waals surface area contributed by atoms with Gasteiger partial charge in [-0.05, 0) is 35.9 Å². The highest BCUT2D eigenvalue weighted by Crippen LogP contribution is 2.28. The van der Waals surface area contributed by atoms with Crippen molar-refractivity contribution in [2.75, 3.05) is 26.3 Å². The van der Waals surface area contributed by atoms with Gasteiger partial charge in [0, 0.05) is 24.4 Å². The highest BCUT2D eigenvalue weighted by atomic mass is 32.2. The minimum Gasteiger partial charge on any atom is -0.411 e. The molecule has 0 aliphatic carbocycles. The first kappa shape index (κ1) is 20.0. The molecule has 4 rings (SSSR count). The van der Waals surface area contributed by atoms with E-state index in [2.05, 4.69) is 10.2 Å². The van der Waals surface area contributed by atoms with Gasteiger partial charge >= 0.3 is 0 Å². The van der Waals surface area contributed by atoms with Crippen molar-refractivity contribution < 1.29 is 22.0 Å². The molecule has 2 heterocycles. The van der Waals surface area contributed by atoms with Gasteiger partial charge < -0.3 is 9.15 Å². The maximum absolute atomic E-state index is 13.0. The number of aromatic nitrogens is 2. The van der Waals surface area contributed by atoms with Crippen LogP contribution in [0.5, 0.6) is 0 Å². The summed E-state index contributed by atoms with van der Waals surface area (Å²) >= 11 is 1.32. The summed E-state index contributed by atoms with van der Waals surface area (Å²) in [5, 5.41) is 8.38. The molecule has 0 bridgehead atoms. The summed E-state index contributed by atoms with van der Waals surface area (Å²) < 4.78 is 50.9. The molecule has 1 fully saturated rings. The molecular weight excluding hydrogens is 417 g/mol. The van der Waals surface area contributed by atoms with Crippen molar-refractivity contribution in [3.05, 3.63) is 59.9 Å². The number of thioether (sulfide) groups is 1. The zero-order chi connectivity index (χ0) is 20.3. The zero-order valence-corrected chi connectivity index (χ0v) is 17.0. The molecule has 0 atom stereocenters. The number of hydrogen-bond donors (Lipinski definition) is 0. The minimum atomic E-state index is -3.61. The number of sulfonamides is 1. The summed E-state index contributed by atoms with van der Waals surface area (Å²) in [6, 6.07) is 12.6. The number of hydrogen-bond acceptors (Lipinski definition) is 7. The zero-order valence-electron chi connectivity index (χ0n) is 15.3. The fourth-order valence-electron chi connectivity index (χ4n) is 2.84. The standard InChI is InChI=1S/C19H18FN3O4S2/c20-16-6-4-14(5-7-16)13-28-19-22-21-18(27-19)15-2-1-3-17(12-15)29(24,25)23-8-10-26-11-9-23/h1-7,12H,8-11,13H2. The molecule has 0 amide bonds. The van der Waals surface area contributed by atoms with Crippen LogP contribution in [0, 0.1) is 5.82 Å². The summed E-state index contributed by atoms with van der Waals surface area (Å²) in [7, 11) is -3.61. The van der Waals surface area contributed by atoms with Crippen LogP contribution < -0.4 is 0 Å². The summed E-state index contributed by atoms with van der Waals surface area (Å²) in [6.45, 7) is 1.43. The van der Waals surface area contributed by atoms with E-state index in [9.17, 15) is 12.8 Å². The van der Waals surface area contributed by atoms with Crippen molar-refractivity contribution in [2.24, 2.45) is 0 Å². The van der Waals surface area contributed by atoms with E-state index in [1.165, 1.54) is 34.3 Å². The van der Waals surface area contributed by atoms with E-state index in [0.29, 0.717) is 42.8 Å². The Hall–Kier alpha value is -2.27. The lowest BCUT2D eigenvalue weighted by atomic mass is 10.2. The quantitative estimate of drug-likeness (QED) is 0.550. The van der Waals surface area contributed by atoms with Gasteiger partial charge in [-0.3, -0.25) is 0 Å². The molecule has 1 aliphatic rings. The smallest absolute Gasteiger partial charge is 0.277 e. The van der Waals surface area contributed by atoms with E-state index in [1.54, 1.807) is 30.3 Å². The minimum absolute atomic E-state index is 0.176. The van der Waals surface area contributed by atoms with Crippen molar-refractivity contribution in [1.82, 2.24) is 14.5 Å². The van der Waals surface area contributed by atoms with Crippen molar-refractivity contribution in [3.63, 3.8) is 0 Å². The Morgan fingerprint density at radius 3 is 2.59 bits per heavy atom. The molecule has 1 aromatic heterocycles. The SMILES string of the molecule is O=S(=O)(c1cccc(-c2nnc(SCc3ccc(F)cc3)o2)c1)N1CCOCC1. The molecule has 0 radical (unpaired) electrons. The Bertz CT molecular complexity index is 1080. The molecule has 0 saturated carbocycles. The molecule has 29 heavy (non-hydrogen) atoms. The third-order valence-electron chi connectivity index (χ3n) is 4.37. The molecule has 3 aromatic rings. The normalized spacial score (nSPS) is 15.5. The van der Waals surface area contributed by atoms with Crippen LogP contribution in [0.4, 0.5) is 4.39 Å². The molecule has 152 valence electrons. The second-order valence-electron chi connectivity index (χ2n) is 6.33. The lowest BCUT2D eigenvalue weighted by Gasteiger charge is -2.26. The number of halogens is 1. The van der Waals surface area contributed by atoms with Crippen molar-refractivity contribution in [3.8, 4) is 11.5 Å². The van der Waals surface area contributed by atoms with Gasteiger partial charge in [-0.1, -0.05) is 30.0 Å². The molecule has 1 saturated heterocycles. The predicted molar refractivity (Wildman–Crippen MR) is 105 cm³/mol. The van der Waals surface area contributed by atoms with E-state index in [1.807, 2.05) is 0 Å². The van der Waals surface area contributed by atoms with E-state index < -0.39 is 10.0 Å². The second kappa shape index (κ2) is 8.62. The third kappa shape index (κ3) is 4.67. The van der Waals surface area contributed by atoms with Gasteiger partial charge in [0.15, 0.2) is 0 Å². The van der Waals surface area contributed by atoms with E-state index in [-0.39, 0.29) is 16.6 Å². The van der Waals surface area contributed by atoms with Crippen LogP contribution in [0.3, 0.4) is 0 Å². The van der Waals surface area contributed by atoms with Crippen LogP contribution in [-0.4, -0.2) is 49.2 Å². The van der Waals surface area contributed by atoms with Crippen LogP contribution in [0.25, 0.3) is 11.5 Å². The molecule has 10 heteroatoms. The highest BCUT2D eigenvalue weighted by Gasteiger charge is 2.26. The van der Waals surface area contributed by atoms with Crippen molar-refractivity contribution in [1.29, 1.82) is 0 Å². The number of morpholine rings is 1. The number of nitrogens with zero attached hydrogens (tertiary/aromatic N) is 3. The molecule has 0 N–H and O–H groups in total. The second-order valence-corrected chi connectivity index (χ2v) is 9.20. The first-order chi connectivity index (χ1) is 14.0. The Balaban J connectivity index is 1.49. The van der Waals surface area contributed by atoms with Crippen LogP contribution in [0.2, 0.25) is 0 Å². The van der Waals surface area contributed by atoms with Crippen LogP contribution in [0.1, 0.15) is 5.56 Å². The van der Waals surface area contributed by atoms with Gasteiger partial charge in [0.05, 0.1) is 18.1 Å². The maximum Gasteiger partial charge on any atom is 0.277 e. The van der Waals surface area contributed by atoms with Crippen LogP contribution in [0.15, 0.2) is 63.1 Å². The van der Waals surface area contributed by atoms with Gasteiger partial charge in [-0.25, -0.2) is 12.8 Å². The molecule has 0 unspecified atom stereocenters. The summed E-state index contributed by atoms with van der Waals surface area (Å²) in [4.78, 5) is 0.176. The Labute approximate surface area is 171 Å². The van der Waals surface area contributed by atoms with Gasteiger partial charge in [0.2, 0.25) is 15.9 Å². The van der Waals surface area contributed by atoms with Gasteiger partial charge in [-0.2, -0.15) is 4.31 Å². The molecule has 7 nitrogen and oxygen atoms in total. The number of benzene rings is 2. The van der Waals surface area contributed by atoms with E-state index in [0.717, 1.165) is 5.56 Å². The fourth-order valence-corrected chi connectivity index (χ4v) is 5.01. The average Bonchev–Trinajstić information content (AvgIpc) is 3.23. The molecule has 2 aromatic carbocycles. The predicted octanol–water partition coefficient (Wildman–Crippen LogP) is 3.19. The molecular formula is C19H18FN3O4S2.